The van der Waals surface area contributed by atoms with Gasteiger partial charge in [0.2, 0.25) is 0 Å². The van der Waals surface area contributed by atoms with E-state index in [1.165, 1.54) is 6.08 Å². The quantitative estimate of drug-likeness (QED) is 0.626. The molecule has 0 saturated carbocycles. The predicted molar refractivity (Wildman–Crippen MR) is 88.0 cm³/mol. The van der Waals surface area contributed by atoms with E-state index in [0.29, 0.717) is 39.2 Å². The van der Waals surface area contributed by atoms with Crippen LogP contribution in [0.1, 0.15) is 25.8 Å². The molecule has 0 amide bonds. The summed E-state index contributed by atoms with van der Waals surface area (Å²) in [5.41, 5.74) is 0.694. The minimum Gasteiger partial charge on any atom is -0.490 e. The van der Waals surface area contributed by atoms with Gasteiger partial charge in [-0.15, -0.1) is 0 Å². The van der Waals surface area contributed by atoms with Crippen LogP contribution in [-0.2, 0) is 0 Å². The first-order chi connectivity index (χ1) is 10.1. The first-order valence-corrected chi connectivity index (χ1v) is 7.97. The minimum absolute atomic E-state index is 0.0206. The molecular weight excluding hydrogens is 400 g/mol. The van der Waals surface area contributed by atoms with E-state index in [-0.39, 0.29) is 5.57 Å². The van der Waals surface area contributed by atoms with Crippen LogP contribution in [0.4, 0.5) is 0 Å². The third-order valence-corrected chi connectivity index (χ3v) is 4.59. The molecule has 0 atom stereocenters. The van der Waals surface area contributed by atoms with Crippen molar-refractivity contribution in [1.82, 2.24) is 0 Å². The zero-order chi connectivity index (χ0) is 15.8. The van der Waals surface area contributed by atoms with Crippen molar-refractivity contribution in [3.8, 4) is 23.6 Å². The molecule has 0 spiro atoms. The summed E-state index contributed by atoms with van der Waals surface area (Å²) in [7, 11) is 0. The summed E-state index contributed by atoms with van der Waals surface area (Å²) in [6.45, 7) is 4.96. The molecule has 0 aliphatic rings. The number of ether oxygens (including phenoxy) is 2. The van der Waals surface area contributed by atoms with Gasteiger partial charge in [-0.25, -0.2) is 0 Å². The van der Waals surface area contributed by atoms with Crippen molar-refractivity contribution in [2.45, 2.75) is 20.3 Å². The Bertz CT molecular complexity index is 612. The molecule has 0 N–H and O–H groups in total. The monoisotopic (exact) mass is 412 g/mol. The highest BCUT2D eigenvalue weighted by Gasteiger charge is 2.17. The van der Waals surface area contributed by atoms with Gasteiger partial charge in [-0.1, -0.05) is 6.92 Å². The molecular formula is C15H14Br2N2O2. The van der Waals surface area contributed by atoms with Gasteiger partial charge in [0, 0.05) is 4.47 Å². The summed E-state index contributed by atoms with van der Waals surface area (Å²) >= 11 is 6.92. The lowest BCUT2D eigenvalue weighted by atomic mass is 10.1. The highest BCUT2D eigenvalue weighted by atomic mass is 79.9. The molecule has 0 unspecified atom stereocenters. The summed E-state index contributed by atoms with van der Waals surface area (Å²) in [5.74, 6) is 1.18. The first kappa shape index (κ1) is 17.6. The van der Waals surface area contributed by atoms with E-state index >= 15 is 0 Å². The standard InChI is InChI=1S/C15H14Br2N2O2/c1-3-5-21-15-12(20-4-2)7-11(13(16)14(15)17)6-10(8-18)9-19/h6-7H,3-5H2,1-2H3. The van der Waals surface area contributed by atoms with Crippen molar-refractivity contribution in [2.24, 2.45) is 0 Å². The molecule has 0 aromatic heterocycles. The molecule has 0 saturated heterocycles. The number of allylic oxidation sites excluding steroid dienone is 1. The van der Waals surface area contributed by atoms with Crippen LogP contribution in [0.15, 0.2) is 20.6 Å². The molecule has 110 valence electrons. The van der Waals surface area contributed by atoms with E-state index in [0.717, 1.165) is 6.42 Å². The van der Waals surface area contributed by atoms with Crippen LogP contribution in [-0.4, -0.2) is 13.2 Å². The van der Waals surface area contributed by atoms with Gasteiger partial charge in [0.25, 0.3) is 0 Å². The fourth-order valence-corrected chi connectivity index (χ4v) is 2.50. The SMILES string of the molecule is CCCOc1c(OCC)cc(C=C(C#N)C#N)c(Br)c1Br. The smallest absolute Gasteiger partial charge is 0.176 e. The van der Waals surface area contributed by atoms with Gasteiger partial charge in [0.1, 0.15) is 17.7 Å². The molecule has 1 rings (SSSR count). The number of benzene rings is 1. The molecule has 0 heterocycles. The highest BCUT2D eigenvalue weighted by molar-refractivity contribution is 9.13. The van der Waals surface area contributed by atoms with Crippen molar-refractivity contribution >= 4 is 37.9 Å². The average Bonchev–Trinajstić information content (AvgIpc) is 2.49. The Morgan fingerprint density at radius 3 is 2.38 bits per heavy atom. The van der Waals surface area contributed by atoms with Crippen molar-refractivity contribution in [3.05, 3.63) is 26.1 Å². The lowest BCUT2D eigenvalue weighted by Crippen LogP contribution is -2.02. The van der Waals surface area contributed by atoms with Gasteiger partial charge < -0.3 is 9.47 Å². The van der Waals surface area contributed by atoms with Crippen molar-refractivity contribution in [3.63, 3.8) is 0 Å². The van der Waals surface area contributed by atoms with Gasteiger partial charge >= 0.3 is 0 Å². The maximum atomic E-state index is 8.87. The van der Waals surface area contributed by atoms with Crippen LogP contribution in [0.2, 0.25) is 0 Å². The number of hydrogen-bond donors (Lipinski definition) is 0. The van der Waals surface area contributed by atoms with E-state index < -0.39 is 0 Å². The van der Waals surface area contributed by atoms with E-state index in [1.54, 1.807) is 6.07 Å². The zero-order valence-electron chi connectivity index (χ0n) is 11.7. The second kappa shape index (κ2) is 8.71. The Labute approximate surface area is 141 Å². The maximum Gasteiger partial charge on any atom is 0.176 e. The molecule has 1 aromatic rings. The number of hydrogen-bond acceptors (Lipinski definition) is 4. The summed E-state index contributed by atoms with van der Waals surface area (Å²) in [5, 5.41) is 17.7. The van der Waals surface area contributed by atoms with Crippen LogP contribution in [0.25, 0.3) is 6.08 Å². The van der Waals surface area contributed by atoms with Gasteiger partial charge in [-0.2, -0.15) is 10.5 Å². The summed E-state index contributed by atoms with van der Waals surface area (Å²) in [4.78, 5) is 0. The number of halogens is 2. The molecule has 1 aromatic carbocycles. The fourth-order valence-electron chi connectivity index (χ4n) is 1.56. The molecule has 6 heteroatoms. The number of nitrogens with zero attached hydrogens (tertiary/aromatic N) is 2. The lowest BCUT2D eigenvalue weighted by Gasteiger charge is -2.16. The van der Waals surface area contributed by atoms with E-state index in [4.69, 9.17) is 20.0 Å². The Morgan fingerprint density at radius 2 is 1.86 bits per heavy atom. The Balaban J connectivity index is 3.41. The van der Waals surface area contributed by atoms with E-state index in [1.807, 2.05) is 26.0 Å². The van der Waals surface area contributed by atoms with Crippen molar-refractivity contribution in [2.75, 3.05) is 13.2 Å². The lowest BCUT2D eigenvalue weighted by molar-refractivity contribution is 0.275. The highest BCUT2D eigenvalue weighted by Crippen LogP contribution is 2.43. The van der Waals surface area contributed by atoms with Gasteiger partial charge in [-0.3, -0.25) is 0 Å². The van der Waals surface area contributed by atoms with Gasteiger partial charge in [0.15, 0.2) is 11.5 Å². The fraction of sp³-hybridized carbons (Fsp3) is 0.333. The molecule has 0 bridgehead atoms. The minimum atomic E-state index is 0.0206. The zero-order valence-corrected chi connectivity index (χ0v) is 14.9. The van der Waals surface area contributed by atoms with E-state index in [2.05, 4.69) is 31.9 Å². The summed E-state index contributed by atoms with van der Waals surface area (Å²) in [6.07, 6.45) is 2.38. The van der Waals surface area contributed by atoms with Crippen LogP contribution in [0.5, 0.6) is 11.5 Å². The van der Waals surface area contributed by atoms with Crippen molar-refractivity contribution < 1.29 is 9.47 Å². The predicted octanol–water partition coefficient (Wildman–Crippen LogP) is 4.83. The Morgan fingerprint density at radius 1 is 1.19 bits per heavy atom. The number of rotatable bonds is 6. The van der Waals surface area contributed by atoms with Gasteiger partial charge in [-0.05, 0) is 62.9 Å². The van der Waals surface area contributed by atoms with Gasteiger partial charge in [0.05, 0.1) is 17.7 Å². The molecule has 0 aliphatic heterocycles. The number of nitriles is 2. The van der Waals surface area contributed by atoms with Crippen LogP contribution in [0, 0.1) is 22.7 Å². The normalized spacial score (nSPS) is 9.43. The molecule has 0 radical (unpaired) electrons. The average molecular weight is 414 g/mol. The second-order valence-corrected chi connectivity index (χ2v) is 5.57. The first-order valence-electron chi connectivity index (χ1n) is 6.38. The molecule has 0 aliphatic carbocycles. The Kier molecular flexibility index (Phi) is 7.28. The molecule has 0 fully saturated rings. The second-order valence-electron chi connectivity index (χ2n) is 3.98. The van der Waals surface area contributed by atoms with Crippen LogP contribution < -0.4 is 9.47 Å². The largest absolute Gasteiger partial charge is 0.490 e. The topological polar surface area (TPSA) is 66.0 Å². The van der Waals surface area contributed by atoms with Crippen LogP contribution in [0.3, 0.4) is 0 Å². The maximum absolute atomic E-state index is 8.87. The molecule has 4 nitrogen and oxygen atoms in total. The van der Waals surface area contributed by atoms with Crippen molar-refractivity contribution in [1.29, 1.82) is 10.5 Å². The third kappa shape index (κ3) is 4.49. The van der Waals surface area contributed by atoms with E-state index in [9.17, 15) is 0 Å². The molecule has 21 heavy (non-hydrogen) atoms. The summed E-state index contributed by atoms with van der Waals surface area (Å²) in [6, 6.07) is 5.43. The van der Waals surface area contributed by atoms with Crippen LogP contribution >= 0.6 is 31.9 Å². The summed E-state index contributed by atoms with van der Waals surface area (Å²) < 4.78 is 12.7. The Hall–Kier alpha value is -1.50. The third-order valence-electron chi connectivity index (χ3n) is 2.45.